The van der Waals surface area contributed by atoms with Crippen LogP contribution in [0.4, 0.5) is 0 Å². The first-order chi connectivity index (χ1) is 9.84. The molecule has 0 aromatic heterocycles. The van der Waals surface area contributed by atoms with E-state index in [1.807, 2.05) is 60.7 Å². The second kappa shape index (κ2) is 5.95. The van der Waals surface area contributed by atoms with Gasteiger partial charge < -0.3 is 0 Å². The second-order valence-corrected chi connectivity index (χ2v) is 6.00. The van der Waals surface area contributed by atoms with Gasteiger partial charge in [-0.05, 0) is 47.5 Å². The molecule has 1 atom stereocenters. The maximum Gasteiger partial charge on any atom is 0.219 e. The van der Waals surface area contributed by atoms with E-state index in [-0.39, 0.29) is 0 Å². The summed E-state index contributed by atoms with van der Waals surface area (Å²) in [5.74, 6) is 0. The van der Waals surface area contributed by atoms with Gasteiger partial charge in [0.1, 0.15) is 0 Å². The van der Waals surface area contributed by atoms with Crippen molar-refractivity contribution < 1.29 is 4.55 Å². The lowest BCUT2D eigenvalue weighted by molar-refractivity contribution is 0.638. The van der Waals surface area contributed by atoms with Crippen molar-refractivity contribution in [1.29, 1.82) is 0 Å². The summed E-state index contributed by atoms with van der Waals surface area (Å²) in [6.07, 6.45) is 0. The van der Waals surface area contributed by atoms with Crippen LogP contribution in [0.2, 0.25) is 0 Å². The lowest BCUT2D eigenvalue weighted by atomic mass is 10.1. The fraction of sp³-hybridized carbons (Fsp3) is 0. The molecule has 98 valence electrons. The van der Waals surface area contributed by atoms with Crippen molar-refractivity contribution in [2.24, 2.45) is 0 Å². The van der Waals surface area contributed by atoms with E-state index in [2.05, 4.69) is 24.3 Å². The van der Waals surface area contributed by atoms with Crippen molar-refractivity contribution in [3.05, 3.63) is 84.9 Å². The average molecular weight is 279 g/mol. The molecule has 0 aliphatic carbocycles. The topological polar surface area (TPSA) is 20.2 Å². The van der Waals surface area contributed by atoms with Crippen LogP contribution in [0.5, 0.6) is 0 Å². The third kappa shape index (κ3) is 2.77. The largest absolute Gasteiger partial charge is 0.219 e. The zero-order chi connectivity index (χ0) is 13.8. The first-order valence-electron chi connectivity index (χ1n) is 6.48. The van der Waals surface area contributed by atoms with Gasteiger partial charge in [-0.15, -0.1) is 0 Å². The van der Waals surface area contributed by atoms with Crippen molar-refractivity contribution >= 4 is 11.2 Å². The summed E-state index contributed by atoms with van der Waals surface area (Å²) in [4.78, 5) is 1.89. The van der Waals surface area contributed by atoms with Crippen LogP contribution in [0.1, 0.15) is 0 Å². The summed E-state index contributed by atoms with van der Waals surface area (Å²) in [6.45, 7) is 0. The van der Waals surface area contributed by atoms with E-state index in [1.54, 1.807) is 0 Å². The maximum atomic E-state index is 10.4. The lowest BCUT2D eigenvalue weighted by Gasteiger charge is -2.02. The van der Waals surface area contributed by atoms with Gasteiger partial charge >= 0.3 is 0 Å². The molecular weight excluding hydrogens is 264 g/mol. The van der Waals surface area contributed by atoms with Crippen LogP contribution in [0.25, 0.3) is 11.1 Å². The number of hydrogen-bond acceptors (Lipinski definition) is 1. The molecule has 1 N–H and O–H groups in total. The summed E-state index contributed by atoms with van der Waals surface area (Å²) in [6, 6.07) is 28.1. The minimum absolute atomic E-state index is 0.861. The smallest absolute Gasteiger partial charge is 0.176 e. The highest BCUT2D eigenvalue weighted by atomic mass is 32.2. The van der Waals surface area contributed by atoms with Gasteiger partial charge in [-0.1, -0.05) is 48.5 Å². The van der Waals surface area contributed by atoms with E-state index >= 15 is 0 Å². The highest BCUT2D eigenvalue weighted by Gasteiger charge is 2.22. The van der Waals surface area contributed by atoms with Crippen LogP contribution >= 0.6 is 0 Å². The lowest BCUT2D eigenvalue weighted by Crippen LogP contribution is -2.00. The van der Waals surface area contributed by atoms with Crippen molar-refractivity contribution in [2.75, 3.05) is 0 Å². The normalized spacial score (nSPS) is 12.1. The van der Waals surface area contributed by atoms with Crippen molar-refractivity contribution in [3.8, 4) is 11.1 Å². The van der Waals surface area contributed by atoms with Gasteiger partial charge in [0.25, 0.3) is 0 Å². The summed E-state index contributed by atoms with van der Waals surface area (Å²) < 4.78 is 10.4. The molecule has 0 spiro atoms. The third-order valence-corrected chi connectivity index (χ3v) is 4.59. The number of benzene rings is 3. The molecule has 2 heteroatoms. The Morgan fingerprint density at radius 3 is 1.55 bits per heavy atom. The van der Waals surface area contributed by atoms with Crippen LogP contribution in [0, 0.1) is 0 Å². The molecule has 0 saturated heterocycles. The van der Waals surface area contributed by atoms with E-state index in [0.717, 1.165) is 9.79 Å². The molecule has 0 heterocycles. The standard InChI is InChI=1S/C18H15OS/c19-20(17-9-5-2-6-10-17)18-13-11-16(12-14-18)15-7-3-1-4-8-15/h1-14,19H/q+1. The molecule has 0 amide bonds. The monoisotopic (exact) mass is 279 g/mol. The minimum Gasteiger partial charge on any atom is -0.176 e. The Morgan fingerprint density at radius 1 is 0.500 bits per heavy atom. The van der Waals surface area contributed by atoms with Gasteiger partial charge in [0.2, 0.25) is 11.2 Å². The summed E-state index contributed by atoms with van der Waals surface area (Å²) in [7, 11) is 0. The molecule has 0 bridgehead atoms. The van der Waals surface area contributed by atoms with Gasteiger partial charge in [0, 0.05) is 0 Å². The molecule has 3 aromatic carbocycles. The highest BCUT2D eigenvalue weighted by molar-refractivity contribution is 7.91. The fourth-order valence-electron chi connectivity index (χ4n) is 2.09. The van der Waals surface area contributed by atoms with E-state index < -0.39 is 11.2 Å². The second-order valence-electron chi connectivity index (χ2n) is 4.49. The molecule has 0 saturated carbocycles. The molecule has 0 fully saturated rings. The summed E-state index contributed by atoms with van der Waals surface area (Å²) in [5, 5.41) is 0. The first kappa shape index (κ1) is 13.0. The van der Waals surface area contributed by atoms with E-state index in [9.17, 15) is 4.55 Å². The summed E-state index contributed by atoms with van der Waals surface area (Å²) >= 11 is -0.861. The SMILES string of the molecule is O[S+](c1ccccc1)c1ccc(-c2ccccc2)cc1. The van der Waals surface area contributed by atoms with E-state index in [4.69, 9.17) is 0 Å². The van der Waals surface area contributed by atoms with Gasteiger partial charge in [0.05, 0.1) is 0 Å². The Hall–Kier alpha value is -2.03. The molecule has 20 heavy (non-hydrogen) atoms. The molecule has 3 aromatic rings. The Morgan fingerprint density at radius 2 is 0.950 bits per heavy atom. The first-order valence-corrected chi connectivity index (χ1v) is 7.67. The molecule has 1 nitrogen and oxygen atoms in total. The maximum absolute atomic E-state index is 10.4. The minimum atomic E-state index is -0.861. The van der Waals surface area contributed by atoms with Gasteiger partial charge in [-0.25, -0.2) is 0 Å². The van der Waals surface area contributed by atoms with Crippen LogP contribution in [-0.4, -0.2) is 4.55 Å². The Balaban J connectivity index is 1.87. The highest BCUT2D eigenvalue weighted by Crippen LogP contribution is 2.24. The number of rotatable bonds is 3. The summed E-state index contributed by atoms with van der Waals surface area (Å²) in [5.41, 5.74) is 2.36. The Bertz CT molecular complexity index is 663. The average Bonchev–Trinajstić information content (AvgIpc) is 2.56. The predicted molar refractivity (Wildman–Crippen MR) is 84.8 cm³/mol. The van der Waals surface area contributed by atoms with E-state index in [0.29, 0.717) is 0 Å². The Labute approximate surface area is 122 Å². The van der Waals surface area contributed by atoms with Crippen LogP contribution in [0.15, 0.2) is 94.7 Å². The zero-order valence-electron chi connectivity index (χ0n) is 10.9. The zero-order valence-corrected chi connectivity index (χ0v) is 11.8. The van der Waals surface area contributed by atoms with Gasteiger partial charge in [-0.2, -0.15) is 4.55 Å². The Kier molecular flexibility index (Phi) is 3.86. The molecule has 1 unspecified atom stereocenters. The van der Waals surface area contributed by atoms with Crippen LogP contribution in [0.3, 0.4) is 0 Å². The predicted octanol–water partition coefficient (Wildman–Crippen LogP) is 4.86. The molecule has 0 radical (unpaired) electrons. The van der Waals surface area contributed by atoms with Crippen LogP contribution < -0.4 is 0 Å². The fourth-order valence-corrected chi connectivity index (χ4v) is 3.17. The van der Waals surface area contributed by atoms with Crippen molar-refractivity contribution in [1.82, 2.24) is 0 Å². The molecule has 3 rings (SSSR count). The van der Waals surface area contributed by atoms with Crippen LogP contribution in [-0.2, 0) is 11.2 Å². The van der Waals surface area contributed by atoms with E-state index in [1.165, 1.54) is 11.1 Å². The van der Waals surface area contributed by atoms with Crippen molar-refractivity contribution in [2.45, 2.75) is 9.79 Å². The molecular formula is C18H15OS+. The number of hydrogen-bond donors (Lipinski definition) is 1. The van der Waals surface area contributed by atoms with Crippen molar-refractivity contribution in [3.63, 3.8) is 0 Å². The quantitative estimate of drug-likeness (QED) is 0.679. The van der Waals surface area contributed by atoms with Gasteiger partial charge in [0.15, 0.2) is 9.79 Å². The third-order valence-electron chi connectivity index (χ3n) is 3.15. The molecule has 0 aliphatic rings. The van der Waals surface area contributed by atoms with Gasteiger partial charge in [-0.3, -0.25) is 0 Å². The molecule has 0 aliphatic heterocycles.